The van der Waals surface area contributed by atoms with Gasteiger partial charge in [-0.15, -0.1) is 5.10 Å². The van der Waals surface area contributed by atoms with Gasteiger partial charge in [-0.1, -0.05) is 75.0 Å². The Balaban J connectivity index is 1.64. The molecule has 0 aliphatic rings. The Morgan fingerprint density at radius 2 is 1.76 bits per heavy atom. The van der Waals surface area contributed by atoms with E-state index in [0.717, 1.165) is 15.6 Å². The molecular weight excluding hydrogens is 529 g/mol. The minimum Gasteiger partial charge on any atom is -0.451 e. The second-order valence-electron chi connectivity index (χ2n) is 7.14. The molecule has 9 heteroatoms. The van der Waals surface area contributed by atoms with Gasteiger partial charge in [-0.25, -0.2) is 14.5 Å². The van der Waals surface area contributed by atoms with Crippen LogP contribution in [0.15, 0.2) is 71.2 Å². The minimum absolute atomic E-state index is 0.179. The Morgan fingerprint density at radius 1 is 1.00 bits per heavy atom. The second-order valence-corrected chi connectivity index (χ2v) is 8.87. The molecule has 0 saturated heterocycles. The van der Waals surface area contributed by atoms with Crippen molar-refractivity contribution in [1.82, 2.24) is 14.8 Å². The molecule has 4 rings (SSSR count). The molecule has 6 nitrogen and oxygen atoms in total. The van der Waals surface area contributed by atoms with E-state index in [4.69, 9.17) is 27.9 Å². The average molecular weight is 545 g/mol. The average Bonchev–Trinajstić information content (AvgIpc) is 3.25. The normalized spacial score (nSPS) is 10.8. The number of rotatable bonds is 6. The highest BCUT2D eigenvalue weighted by Crippen LogP contribution is 2.27. The number of ether oxygens (including phenoxy) is 1. The molecule has 33 heavy (non-hydrogen) atoms. The van der Waals surface area contributed by atoms with E-state index in [1.165, 1.54) is 4.68 Å². The van der Waals surface area contributed by atoms with Gasteiger partial charge in [0.2, 0.25) is 0 Å². The Hall–Kier alpha value is -3.00. The van der Waals surface area contributed by atoms with E-state index in [1.807, 2.05) is 31.2 Å². The molecule has 1 aromatic heterocycles. The topological polar surface area (TPSA) is 74.1 Å². The number of halogens is 3. The smallest absolute Gasteiger partial charge is 0.378 e. The van der Waals surface area contributed by atoms with Crippen molar-refractivity contribution in [1.29, 1.82) is 0 Å². The predicted molar refractivity (Wildman–Crippen MR) is 130 cm³/mol. The number of hydrogen-bond acceptors (Lipinski definition) is 5. The van der Waals surface area contributed by atoms with Crippen molar-refractivity contribution in [2.45, 2.75) is 6.92 Å². The largest absolute Gasteiger partial charge is 0.451 e. The van der Waals surface area contributed by atoms with Crippen molar-refractivity contribution in [2.24, 2.45) is 0 Å². The molecule has 4 aromatic rings. The molecule has 0 aliphatic carbocycles. The molecule has 0 fully saturated rings. The van der Waals surface area contributed by atoms with Crippen LogP contribution in [-0.4, -0.2) is 33.1 Å². The first-order valence-electron chi connectivity index (χ1n) is 9.77. The monoisotopic (exact) mass is 543 g/mol. The summed E-state index contributed by atoms with van der Waals surface area (Å²) in [6, 6.07) is 19.4. The molecule has 0 unspecified atom stereocenters. The molecule has 0 amide bonds. The van der Waals surface area contributed by atoms with Crippen LogP contribution in [0.1, 0.15) is 26.5 Å². The van der Waals surface area contributed by atoms with E-state index in [0.29, 0.717) is 27.1 Å². The third-order valence-electron chi connectivity index (χ3n) is 4.71. The zero-order valence-electron chi connectivity index (χ0n) is 17.3. The summed E-state index contributed by atoms with van der Waals surface area (Å²) in [5.74, 6) is -0.906. The lowest BCUT2D eigenvalue weighted by Crippen LogP contribution is -2.15. The summed E-state index contributed by atoms with van der Waals surface area (Å²) in [5.41, 5.74) is 2.76. The van der Waals surface area contributed by atoms with Gasteiger partial charge < -0.3 is 4.74 Å². The minimum atomic E-state index is -0.812. The van der Waals surface area contributed by atoms with Crippen LogP contribution in [0, 0.1) is 6.92 Å². The highest BCUT2D eigenvalue weighted by atomic mass is 79.9. The molecular formula is C24H16BrCl2N3O3. The SMILES string of the molecule is Cc1cccc(-c2nc(C(=O)OCC(=O)c3ccc(Br)cc3)nn2-c2ccc(Cl)c(Cl)c2)c1. The first kappa shape index (κ1) is 23.2. The van der Waals surface area contributed by atoms with Crippen molar-refractivity contribution in [3.63, 3.8) is 0 Å². The third kappa shape index (κ3) is 5.33. The number of esters is 1. The van der Waals surface area contributed by atoms with Gasteiger partial charge in [0, 0.05) is 15.6 Å². The number of carbonyl (C=O) groups is 2. The van der Waals surface area contributed by atoms with Crippen molar-refractivity contribution in [2.75, 3.05) is 6.61 Å². The summed E-state index contributed by atoms with van der Waals surface area (Å²) >= 11 is 15.5. The summed E-state index contributed by atoms with van der Waals surface area (Å²) in [4.78, 5) is 29.4. The van der Waals surface area contributed by atoms with Crippen LogP contribution in [0.4, 0.5) is 0 Å². The van der Waals surface area contributed by atoms with Crippen LogP contribution in [0.3, 0.4) is 0 Å². The van der Waals surface area contributed by atoms with Crippen LogP contribution in [-0.2, 0) is 4.74 Å². The second kappa shape index (κ2) is 9.87. The molecule has 0 bridgehead atoms. The molecule has 1 heterocycles. The maximum Gasteiger partial charge on any atom is 0.378 e. The van der Waals surface area contributed by atoms with E-state index in [9.17, 15) is 9.59 Å². The number of benzene rings is 3. The van der Waals surface area contributed by atoms with Gasteiger partial charge in [0.15, 0.2) is 18.2 Å². The molecule has 0 spiro atoms. The highest BCUT2D eigenvalue weighted by molar-refractivity contribution is 9.10. The van der Waals surface area contributed by atoms with Gasteiger partial charge in [0.1, 0.15) is 0 Å². The molecule has 0 aliphatic heterocycles. The van der Waals surface area contributed by atoms with Gasteiger partial charge >= 0.3 is 5.97 Å². The fraction of sp³-hybridized carbons (Fsp3) is 0.0833. The maximum absolute atomic E-state index is 12.7. The quantitative estimate of drug-likeness (QED) is 0.209. The number of Topliss-reactive ketones (excluding diaryl/α,β-unsaturated/α-hetero) is 1. The zero-order valence-corrected chi connectivity index (χ0v) is 20.4. The lowest BCUT2D eigenvalue weighted by atomic mass is 10.1. The van der Waals surface area contributed by atoms with E-state index < -0.39 is 12.6 Å². The van der Waals surface area contributed by atoms with Crippen molar-refractivity contribution in [3.05, 3.63) is 98.2 Å². The lowest BCUT2D eigenvalue weighted by molar-refractivity contribution is 0.0462. The third-order valence-corrected chi connectivity index (χ3v) is 5.98. The first-order valence-corrected chi connectivity index (χ1v) is 11.3. The number of aryl methyl sites for hydroxylation is 1. The number of nitrogens with zero attached hydrogens (tertiary/aromatic N) is 3. The Kier molecular flexibility index (Phi) is 6.93. The number of hydrogen-bond donors (Lipinski definition) is 0. The van der Waals surface area contributed by atoms with Gasteiger partial charge in [-0.3, -0.25) is 4.79 Å². The fourth-order valence-corrected chi connectivity index (χ4v) is 3.64. The van der Waals surface area contributed by atoms with E-state index in [1.54, 1.807) is 42.5 Å². The first-order chi connectivity index (χ1) is 15.8. The van der Waals surface area contributed by atoms with Gasteiger partial charge in [0.05, 0.1) is 15.7 Å². The highest BCUT2D eigenvalue weighted by Gasteiger charge is 2.21. The molecule has 0 atom stereocenters. The summed E-state index contributed by atoms with van der Waals surface area (Å²) in [5, 5.41) is 5.06. The van der Waals surface area contributed by atoms with Crippen LogP contribution in [0.5, 0.6) is 0 Å². The van der Waals surface area contributed by atoms with Gasteiger partial charge in [-0.05, 0) is 43.3 Å². The predicted octanol–water partition coefficient (Wildman–Crippen LogP) is 6.35. The molecule has 0 N–H and O–H groups in total. The van der Waals surface area contributed by atoms with Crippen LogP contribution >= 0.6 is 39.1 Å². The number of aromatic nitrogens is 3. The summed E-state index contributed by atoms with van der Waals surface area (Å²) < 4.78 is 7.53. The van der Waals surface area contributed by atoms with Crippen molar-refractivity contribution < 1.29 is 14.3 Å². The molecule has 166 valence electrons. The van der Waals surface area contributed by atoms with E-state index >= 15 is 0 Å². The number of ketones is 1. The van der Waals surface area contributed by atoms with Crippen LogP contribution in [0.25, 0.3) is 17.1 Å². The lowest BCUT2D eigenvalue weighted by Gasteiger charge is -2.07. The molecule has 0 radical (unpaired) electrons. The Labute approximate surface area is 208 Å². The van der Waals surface area contributed by atoms with E-state index in [2.05, 4.69) is 26.0 Å². The number of carbonyl (C=O) groups excluding carboxylic acids is 2. The van der Waals surface area contributed by atoms with Gasteiger partial charge in [-0.2, -0.15) is 0 Å². The van der Waals surface area contributed by atoms with Crippen LogP contribution < -0.4 is 0 Å². The summed E-state index contributed by atoms with van der Waals surface area (Å²) in [7, 11) is 0. The maximum atomic E-state index is 12.7. The Morgan fingerprint density at radius 3 is 2.45 bits per heavy atom. The zero-order chi connectivity index (χ0) is 23.5. The molecule has 0 saturated carbocycles. The van der Waals surface area contributed by atoms with Crippen molar-refractivity contribution >= 4 is 50.9 Å². The summed E-state index contributed by atoms with van der Waals surface area (Å²) in [6.07, 6.45) is 0. The Bertz CT molecular complexity index is 1350. The van der Waals surface area contributed by atoms with E-state index in [-0.39, 0.29) is 11.6 Å². The van der Waals surface area contributed by atoms with Gasteiger partial charge in [0.25, 0.3) is 5.82 Å². The summed E-state index contributed by atoms with van der Waals surface area (Å²) in [6.45, 7) is 1.52. The fourth-order valence-electron chi connectivity index (χ4n) is 3.08. The standard InChI is InChI=1S/C24H16BrCl2N3O3/c1-14-3-2-4-16(11-14)23-28-22(29-30(23)18-9-10-19(26)20(27)12-18)24(32)33-13-21(31)15-5-7-17(25)8-6-15/h2-12H,13H2,1H3. The van der Waals surface area contributed by atoms with Crippen LogP contribution in [0.2, 0.25) is 10.0 Å². The molecule has 3 aromatic carbocycles. The van der Waals surface area contributed by atoms with Crippen molar-refractivity contribution in [3.8, 4) is 17.1 Å².